The summed E-state index contributed by atoms with van der Waals surface area (Å²) in [7, 11) is 3.25. The summed E-state index contributed by atoms with van der Waals surface area (Å²) in [6, 6.07) is 7.22. The summed E-state index contributed by atoms with van der Waals surface area (Å²) in [5, 5.41) is 18.9. The second kappa shape index (κ2) is 8.12. The Balaban J connectivity index is 1.85. The van der Waals surface area contributed by atoms with Gasteiger partial charge in [-0.15, -0.1) is 0 Å². The molecule has 1 heterocycles. The van der Waals surface area contributed by atoms with E-state index in [-0.39, 0.29) is 25.0 Å². The Bertz CT molecular complexity index is 575. The van der Waals surface area contributed by atoms with Crippen LogP contribution in [-0.2, 0) is 16.0 Å². The van der Waals surface area contributed by atoms with Gasteiger partial charge in [-0.1, -0.05) is 12.1 Å². The molecule has 24 heavy (non-hydrogen) atoms. The van der Waals surface area contributed by atoms with E-state index < -0.39 is 12.1 Å². The molecule has 1 aliphatic heterocycles. The van der Waals surface area contributed by atoms with E-state index in [2.05, 4.69) is 0 Å². The highest BCUT2D eigenvalue weighted by Crippen LogP contribution is 2.18. The maximum Gasteiger partial charge on any atom is 0.317 e. The fourth-order valence-corrected chi connectivity index (χ4v) is 2.94. The van der Waals surface area contributed by atoms with Gasteiger partial charge in [-0.3, -0.25) is 14.5 Å². The Hall–Kier alpha value is -2.12. The van der Waals surface area contributed by atoms with Crippen LogP contribution in [-0.4, -0.2) is 77.8 Å². The smallest absolute Gasteiger partial charge is 0.317 e. The van der Waals surface area contributed by atoms with Crippen LogP contribution in [0.3, 0.4) is 0 Å². The van der Waals surface area contributed by atoms with Gasteiger partial charge in [0.2, 0.25) is 5.91 Å². The number of aryl methyl sites for hydroxylation is 1. The number of aliphatic hydroxyl groups excluding tert-OH is 1. The second-order valence-corrected chi connectivity index (χ2v) is 6.09. The molecule has 1 aromatic carbocycles. The highest BCUT2D eigenvalue weighted by atomic mass is 16.5. The van der Waals surface area contributed by atoms with Gasteiger partial charge >= 0.3 is 5.97 Å². The number of ether oxygens (including phenoxy) is 1. The highest BCUT2D eigenvalue weighted by Gasteiger charge is 2.36. The number of carbonyl (C=O) groups excluding carboxylic acids is 1. The van der Waals surface area contributed by atoms with Crippen LogP contribution in [0.25, 0.3) is 0 Å². The van der Waals surface area contributed by atoms with Crippen molar-refractivity contribution in [2.24, 2.45) is 0 Å². The molecule has 7 nitrogen and oxygen atoms in total. The SMILES string of the molecule is COc1ccc(CCC(=O)N2C[C@@H](O)[C@H](N(C)CC(=O)O)C2)cc1. The molecule has 1 saturated heterocycles. The van der Waals surface area contributed by atoms with Crippen LogP contribution in [0.15, 0.2) is 24.3 Å². The van der Waals surface area contributed by atoms with Crippen LogP contribution in [0.5, 0.6) is 5.75 Å². The normalized spacial score (nSPS) is 20.4. The van der Waals surface area contributed by atoms with Crippen LogP contribution in [0.1, 0.15) is 12.0 Å². The predicted octanol–water partition coefficient (Wildman–Crippen LogP) is 0.216. The summed E-state index contributed by atoms with van der Waals surface area (Å²) < 4.78 is 5.10. The van der Waals surface area contributed by atoms with E-state index in [0.717, 1.165) is 11.3 Å². The van der Waals surface area contributed by atoms with E-state index >= 15 is 0 Å². The van der Waals surface area contributed by atoms with Crippen molar-refractivity contribution >= 4 is 11.9 Å². The van der Waals surface area contributed by atoms with E-state index in [0.29, 0.717) is 19.4 Å². The fraction of sp³-hybridized carbons (Fsp3) is 0.529. The van der Waals surface area contributed by atoms with Gasteiger partial charge in [0, 0.05) is 19.5 Å². The largest absolute Gasteiger partial charge is 0.497 e. The number of carbonyl (C=O) groups is 2. The third kappa shape index (κ3) is 4.69. The van der Waals surface area contributed by atoms with E-state index in [1.165, 1.54) is 0 Å². The fourth-order valence-electron chi connectivity index (χ4n) is 2.94. The Morgan fingerprint density at radius 3 is 2.54 bits per heavy atom. The number of hydrogen-bond donors (Lipinski definition) is 2. The predicted molar refractivity (Wildman–Crippen MR) is 88.0 cm³/mol. The molecule has 2 N–H and O–H groups in total. The zero-order valence-corrected chi connectivity index (χ0v) is 14.0. The number of nitrogens with zero attached hydrogens (tertiary/aromatic N) is 2. The maximum atomic E-state index is 12.3. The number of carboxylic acids is 1. The van der Waals surface area contributed by atoms with E-state index in [1.807, 2.05) is 24.3 Å². The van der Waals surface area contributed by atoms with E-state index in [4.69, 9.17) is 9.84 Å². The summed E-state index contributed by atoms with van der Waals surface area (Å²) in [4.78, 5) is 26.3. The molecular formula is C17H24N2O5. The average Bonchev–Trinajstić information content (AvgIpc) is 2.94. The first-order valence-corrected chi connectivity index (χ1v) is 7.91. The van der Waals surface area contributed by atoms with E-state index in [9.17, 15) is 14.7 Å². The third-order valence-corrected chi connectivity index (χ3v) is 4.35. The van der Waals surface area contributed by atoms with Crippen molar-refractivity contribution in [3.8, 4) is 5.75 Å². The molecule has 0 bridgehead atoms. The zero-order chi connectivity index (χ0) is 17.7. The topological polar surface area (TPSA) is 90.3 Å². The minimum absolute atomic E-state index is 0.0314. The van der Waals surface area contributed by atoms with Gasteiger partial charge in [0.1, 0.15) is 5.75 Å². The molecule has 0 spiro atoms. The molecule has 0 aromatic heterocycles. The Kier molecular flexibility index (Phi) is 6.16. The third-order valence-electron chi connectivity index (χ3n) is 4.35. The van der Waals surface area contributed by atoms with Gasteiger partial charge in [-0.25, -0.2) is 0 Å². The lowest BCUT2D eigenvalue weighted by Crippen LogP contribution is -2.43. The molecule has 0 aliphatic carbocycles. The Labute approximate surface area is 141 Å². The van der Waals surface area contributed by atoms with Crippen molar-refractivity contribution in [2.75, 3.05) is 33.8 Å². The second-order valence-electron chi connectivity index (χ2n) is 6.09. The quantitative estimate of drug-likeness (QED) is 0.740. The minimum atomic E-state index is -0.950. The molecule has 1 aliphatic rings. The number of β-amino-alcohol motifs (C(OH)–C–C–N with tert-alkyl or cyclic N) is 1. The molecule has 0 saturated carbocycles. The number of aliphatic hydroxyl groups is 1. The van der Waals surface area contributed by atoms with Gasteiger partial charge in [-0.2, -0.15) is 0 Å². The van der Waals surface area contributed by atoms with Gasteiger partial charge in [-0.05, 0) is 31.2 Å². The van der Waals surface area contributed by atoms with Crippen molar-refractivity contribution in [3.63, 3.8) is 0 Å². The first-order chi connectivity index (χ1) is 11.4. The number of rotatable bonds is 7. The number of likely N-dealkylation sites (tertiary alicyclic amines) is 1. The van der Waals surface area contributed by atoms with Gasteiger partial charge in [0.05, 0.1) is 25.8 Å². The van der Waals surface area contributed by atoms with Crippen LogP contribution >= 0.6 is 0 Å². The lowest BCUT2D eigenvalue weighted by molar-refractivity contribution is -0.138. The van der Waals surface area contributed by atoms with Crippen LogP contribution in [0.4, 0.5) is 0 Å². The molecular weight excluding hydrogens is 312 g/mol. The molecule has 0 radical (unpaired) electrons. The van der Waals surface area contributed by atoms with Crippen molar-refractivity contribution in [1.29, 1.82) is 0 Å². The number of carboxylic acid groups (broad SMARTS) is 1. The average molecular weight is 336 g/mol. The van der Waals surface area contributed by atoms with Crippen molar-refractivity contribution < 1.29 is 24.5 Å². The molecule has 2 atom stereocenters. The van der Waals surface area contributed by atoms with Crippen molar-refractivity contribution in [2.45, 2.75) is 25.0 Å². The number of amides is 1. The van der Waals surface area contributed by atoms with Crippen LogP contribution in [0, 0.1) is 0 Å². The van der Waals surface area contributed by atoms with Crippen molar-refractivity contribution in [1.82, 2.24) is 9.80 Å². The van der Waals surface area contributed by atoms with Crippen molar-refractivity contribution in [3.05, 3.63) is 29.8 Å². The molecule has 1 fully saturated rings. The van der Waals surface area contributed by atoms with Crippen LogP contribution in [0.2, 0.25) is 0 Å². The van der Waals surface area contributed by atoms with Gasteiger partial charge < -0.3 is 19.8 Å². The highest BCUT2D eigenvalue weighted by molar-refractivity contribution is 5.77. The van der Waals surface area contributed by atoms with Crippen LogP contribution < -0.4 is 4.74 Å². The number of benzene rings is 1. The van der Waals surface area contributed by atoms with Gasteiger partial charge in [0.15, 0.2) is 0 Å². The molecule has 132 valence electrons. The first-order valence-electron chi connectivity index (χ1n) is 7.91. The molecule has 1 aromatic rings. The maximum absolute atomic E-state index is 12.3. The number of methoxy groups -OCH3 is 1. The summed E-state index contributed by atoms with van der Waals surface area (Å²) >= 11 is 0. The first kappa shape index (κ1) is 18.2. The summed E-state index contributed by atoms with van der Waals surface area (Å²) in [5.41, 5.74) is 1.04. The minimum Gasteiger partial charge on any atom is -0.497 e. The molecule has 7 heteroatoms. The van der Waals surface area contributed by atoms with Gasteiger partial charge in [0.25, 0.3) is 0 Å². The summed E-state index contributed by atoms with van der Waals surface area (Å²) in [6.45, 7) is 0.443. The zero-order valence-electron chi connectivity index (χ0n) is 14.0. The Morgan fingerprint density at radius 1 is 1.29 bits per heavy atom. The molecule has 0 unspecified atom stereocenters. The number of aliphatic carboxylic acids is 1. The molecule has 1 amide bonds. The Morgan fingerprint density at radius 2 is 1.96 bits per heavy atom. The summed E-state index contributed by atoms with van der Waals surface area (Å²) in [5.74, 6) is -0.206. The lowest BCUT2D eigenvalue weighted by Gasteiger charge is -2.24. The molecule has 2 rings (SSSR count). The summed E-state index contributed by atoms with van der Waals surface area (Å²) in [6.07, 6.45) is 0.249. The number of hydrogen-bond acceptors (Lipinski definition) is 5. The standard InChI is InChI=1S/C17H24N2O5/c1-18(11-17(22)23)14-9-19(10-15(14)20)16(21)8-5-12-3-6-13(24-2)7-4-12/h3-4,6-7,14-15,20H,5,8-11H2,1-2H3,(H,22,23)/t14-,15-/m1/s1. The monoisotopic (exact) mass is 336 g/mol. The van der Waals surface area contributed by atoms with E-state index in [1.54, 1.807) is 24.0 Å². The number of likely N-dealkylation sites (N-methyl/N-ethyl adjacent to an activating group) is 1. The lowest BCUT2D eigenvalue weighted by atomic mass is 10.1.